The minimum atomic E-state index is -0.695. The highest BCUT2D eigenvalue weighted by atomic mass is 16.3. The highest BCUT2D eigenvalue weighted by molar-refractivity contribution is 5.36. The van der Waals surface area contributed by atoms with Gasteiger partial charge in [0.15, 0.2) is 0 Å². The lowest BCUT2D eigenvalue weighted by atomic mass is 9.71. The Morgan fingerprint density at radius 2 is 1.95 bits per heavy atom. The number of rotatable bonds is 3. The first-order valence-electron chi connectivity index (χ1n) is 7.72. The van der Waals surface area contributed by atoms with Crippen molar-refractivity contribution >= 4 is 0 Å². The average molecular weight is 259 g/mol. The molecule has 1 saturated heterocycles. The summed E-state index contributed by atoms with van der Waals surface area (Å²) in [5.74, 6) is 1.02. The second-order valence-electron chi connectivity index (χ2n) is 6.41. The largest absolute Gasteiger partial charge is 0.385 e. The van der Waals surface area contributed by atoms with Crippen LogP contribution < -0.4 is 5.32 Å². The van der Waals surface area contributed by atoms with Gasteiger partial charge in [-0.25, -0.2) is 0 Å². The van der Waals surface area contributed by atoms with Crippen LogP contribution in [0.1, 0.15) is 56.1 Å². The van der Waals surface area contributed by atoms with Crippen LogP contribution >= 0.6 is 0 Å². The zero-order chi connectivity index (χ0) is 13.3. The average Bonchev–Trinajstić information content (AvgIpc) is 2.38. The van der Waals surface area contributed by atoms with Crippen molar-refractivity contribution in [1.82, 2.24) is 5.32 Å². The molecule has 0 amide bonds. The molecule has 2 heteroatoms. The second kappa shape index (κ2) is 5.26. The Morgan fingerprint density at radius 1 is 1.16 bits per heavy atom. The van der Waals surface area contributed by atoms with Crippen molar-refractivity contribution in [1.29, 1.82) is 0 Å². The zero-order valence-electron chi connectivity index (χ0n) is 11.9. The van der Waals surface area contributed by atoms with Gasteiger partial charge in [-0.3, -0.25) is 0 Å². The minimum absolute atomic E-state index is 0.336. The van der Waals surface area contributed by atoms with Gasteiger partial charge < -0.3 is 10.4 Å². The predicted octanol–water partition coefficient (Wildman–Crippen LogP) is 3.16. The molecule has 0 aromatic heterocycles. The van der Waals surface area contributed by atoms with Crippen LogP contribution in [0.2, 0.25) is 0 Å². The van der Waals surface area contributed by atoms with Crippen LogP contribution in [0.15, 0.2) is 24.3 Å². The Hall–Kier alpha value is -0.860. The molecule has 1 aromatic carbocycles. The van der Waals surface area contributed by atoms with E-state index >= 15 is 0 Å². The summed E-state index contributed by atoms with van der Waals surface area (Å²) in [6, 6.07) is 8.56. The number of hydrogen-bond acceptors (Lipinski definition) is 2. The molecule has 1 saturated carbocycles. The fourth-order valence-electron chi connectivity index (χ4n) is 3.58. The van der Waals surface area contributed by atoms with Gasteiger partial charge in [-0.2, -0.15) is 0 Å². The maximum Gasteiger partial charge on any atom is 0.0911 e. The quantitative estimate of drug-likeness (QED) is 0.874. The molecule has 1 heterocycles. The third-order valence-corrected chi connectivity index (χ3v) is 5.14. The van der Waals surface area contributed by atoms with E-state index in [1.54, 1.807) is 0 Å². The summed E-state index contributed by atoms with van der Waals surface area (Å²) in [6.45, 7) is 4.05. The molecule has 0 bridgehead atoms. The maximum atomic E-state index is 11.1. The molecule has 0 spiro atoms. The van der Waals surface area contributed by atoms with Crippen LogP contribution in [-0.2, 0) is 5.60 Å². The van der Waals surface area contributed by atoms with Gasteiger partial charge in [0.25, 0.3) is 0 Å². The summed E-state index contributed by atoms with van der Waals surface area (Å²) in [6.07, 6.45) is 6.21. The van der Waals surface area contributed by atoms with Crippen LogP contribution in [0.5, 0.6) is 0 Å². The number of benzene rings is 1. The third-order valence-electron chi connectivity index (χ3n) is 5.14. The molecular formula is C17H25NO. The molecule has 19 heavy (non-hydrogen) atoms. The second-order valence-corrected chi connectivity index (χ2v) is 6.41. The summed E-state index contributed by atoms with van der Waals surface area (Å²) >= 11 is 0. The number of piperidine rings is 1. The fraction of sp³-hybridized carbons (Fsp3) is 0.647. The minimum Gasteiger partial charge on any atom is -0.385 e. The predicted molar refractivity (Wildman–Crippen MR) is 78.2 cm³/mol. The van der Waals surface area contributed by atoms with Crippen molar-refractivity contribution < 1.29 is 5.11 Å². The molecule has 3 rings (SSSR count). The van der Waals surface area contributed by atoms with Crippen molar-refractivity contribution in [3.63, 3.8) is 0 Å². The Balaban J connectivity index is 1.90. The van der Waals surface area contributed by atoms with Gasteiger partial charge in [0, 0.05) is 12.5 Å². The van der Waals surface area contributed by atoms with Gasteiger partial charge in [0.1, 0.15) is 0 Å². The van der Waals surface area contributed by atoms with Crippen LogP contribution in [0.25, 0.3) is 0 Å². The van der Waals surface area contributed by atoms with E-state index in [1.165, 1.54) is 36.8 Å². The molecule has 104 valence electrons. The topological polar surface area (TPSA) is 32.3 Å². The molecule has 2 unspecified atom stereocenters. The number of nitrogens with one attached hydrogen (secondary N) is 1. The molecule has 2 fully saturated rings. The van der Waals surface area contributed by atoms with Crippen molar-refractivity contribution in [2.24, 2.45) is 5.92 Å². The van der Waals surface area contributed by atoms with Crippen molar-refractivity contribution in [3.05, 3.63) is 35.4 Å². The van der Waals surface area contributed by atoms with Crippen molar-refractivity contribution in [3.8, 4) is 0 Å². The zero-order valence-corrected chi connectivity index (χ0v) is 11.9. The molecule has 2 atom stereocenters. The first-order chi connectivity index (χ1) is 9.19. The van der Waals surface area contributed by atoms with E-state index < -0.39 is 5.60 Å². The third kappa shape index (κ3) is 2.44. The van der Waals surface area contributed by atoms with Crippen LogP contribution in [-0.4, -0.2) is 18.2 Å². The van der Waals surface area contributed by atoms with Crippen molar-refractivity contribution in [2.75, 3.05) is 13.1 Å². The van der Waals surface area contributed by atoms with Gasteiger partial charge >= 0.3 is 0 Å². The molecule has 1 aromatic rings. The molecule has 2 N–H and O–H groups in total. The first-order valence-corrected chi connectivity index (χ1v) is 7.72. The fourth-order valence-corrected chi connectivity index (χ4v) is 3.58. The van der Waals surface area contributed by atoms with Crippen molar-refractivity contribution in [2.45, 2.75) is 50.5 Å². The number of hydrogen-bond donors (Lipinski definition) is 2. The molecular weight excluding hydrogens is 234 g/mol. The molecule has 0 radical (unpaired) electrons. The summed E-state index contributed by atoms with van der Waals surface area (Å²) in [4.78, 5) is 0. The lowest BCUT2D eigenvalue weighted by Crippen LogP contribution is -2.43. The first kappa shape index (κ1) is 13.1. The summed E-state index contributed by atoms with van der Waals surface area (Å²) in [5, 5.41) is 14.5. The number of aliphatic hydroxyl groups is 1. The Bertz CT molecular complexity index is 431. The van der Waals surface area contributed by atoms with E-state index in [2.05, 4.69) is 29.6 Å². The van der Waals surface area contributed by atoms with Gasteiger partial charge in [0.05, 0.1) is 5.60 Å². The van der Waals surface area contributed by atoms with E-state index in [0.29, 0.717) is 11.8 Å². The molecule has 2 aliphatic rings. The standard InChI is InChI=1S/C17H25NO/c1-17(19,14-8-5-11-18-12-14)16-10-3-2-9-15(16)13-6-4-7-13/h2-3,9-10,13-14,18-19H,4-8,11-12H2,1H3. The molecule has 1 aliphatic carbocycles. The van der Waals surface area contributed by atoms with Gasteiger partial charge in [-0.1, -0.05) is 30.7 Å². The highest BCUT2D eigenvalue weighted by Crippen LogP contribution is 2.43. The van der Waals surface area contributed by atoms with E-state index in [-0.39, 0.29) is 0 Å². The SMILES string of the molecule is CC(O)(c1ccccc1C1CCC1)C1CCCNC1. The van der Waals surface area contributed by atoms with Gasteiger partial charge in [-0.05, 0) is 56.2 Å². The maximum absolute atomic E-state index is 11.1. The van der Waals surface area contributed by atoms with E-state index in [4.69, 9.17) is 0 Å². The Kier molecular flexibility index (Phi) is 3.64. The molecule has 2 nitrogen and oxygen atoms in total. The monoisotopic (exact) mass is 259 g/mol. The van der Waals surface area contributed by atoms with E-state index in [0.717, 1.165) is 19.5 Å². The summed E-state index contributed by atoms with van der Waals surface area (Å²) in [7, 11) is 0. The smallest absolute Gasteiger partial charge is 0.0911 e. The Morgan fingerprint density at radius 3 is 2.58 bits per heavy atom. The lowest BCUT2D eigenvalue weighted by Gasteiger charge is -2.39. The lowest BCUT2D eigenvalue weighted by molar-refractivity contribution is -0.0169. The summed E-state index contributed by atoms with van der Waals surface area (Å²) in [5.41, 5.74) is 1.87. The highest BCUT2D eigenvalue weighted by Gasteiger charge is 2.37. The van der Waals surface area contributed by atoms with Crippen LogP contribution in [0.4, 0.5) is 0 Å². The van der Waals surface area contributed by atoms with Gasteiger partial charge in [-0.15, -0.1) is 0 Å². The Labute approximate surface area is 116 Å². The normalized spacial score (nSPS) is 27.6. The van der Waals surface area contributed by atoms with Crippen LogP contribution in [0, 0.1) is 5.92 Å². The van der Waals surface area contributed by atoms with E-state index in [1.807, 2.05) is 6.92 Å². The van der Waals surface area contributed by atoms with E-state index in [9.17, 15) is 5.11 Å². The van der Waals surface area contributed by atoms with Crippen LogP contribution in [0.3, 0.4) is 0 Å². The molecule has 1 aliphatic heterocycles. The van der Waals surface area contributed by atoms with Gasteiger partial charge in [0.2, 0.25) is 0 Å². The summed E-state index contributed by atoms with van der Waals surface area (Å²) < 4.78 is 0.